The van der Waals surface area contributed by atoms with E-state index in [1.165, 1.54) is 0 Å². The number of pyridine rings is 4. The number of carbonyl (C=O) groups excluding carboxylic acids is 1. The number of hydrogen-bond donors (Lipinski definition) is 1. The highest BCUT2D eigenvalue weighted by Gasteiger charge is 2.17. The molecule has 4 aromatic heterocycles. The second-order valence-electron chi connectivity index (χ2n) is 8.03. The third-order valence-corrected chi connectivity index (χ3v) is 5.89. The number of nitrogens with one attached hydrogen (secondary N) is 1. The van der Waals surface area contributed by atoms with Gasteiger partial charge in [-0.1, -0.05) is 11.6 Å². The number of piperazine rings is 1. The number of halogens is 1. The van der Waals surface area contributed by atoms with Crippen molar-refractivity contribution >= 4 is 40.0 Å². The molecule has 1 amide bonds. The molecule has 5 rings (SSSR count). The van der Waals surface area contributed by atoms with E-state index in [9.17, 15) is 4.79 Å². The first kappa shape index (κ1) is 21.2. The predicted octanol–water partition coefficient (Wildman–Crippen LogP) is 3.74. The van der Waals surface area contributed by atoms with Crippen molar-refractivity contribution in [3.63, 3.8) is 0 Å². The molecule has 0 radical (unpaired) electrons. The number of nitrogens with zero attached hydrogens (tertiary/aromatic N) is 6. The molecule has 9 heteroatoms. The molecule has 1 fully saturated rings. The molecule has 1 N–H and O–H groups in total. The molecule has 8 nitrogen and oxygen atoms in total. The Balaban J connectivity index is 1.36. The summed E-state index contributed by atoms with van der Waals surface area (Å²) in [4.78, 5) is 34.8. The highest BCUT2D eigenvalue weighted by molar-refractivity contribution is 6.30. The molecule has 5 heterocycles. The van der Waals surface area contributed by atoms with Crippen LogP contribution in [0.5, 0.6) is 0 Å². The quantitative estimate of drug-likeness (QED) is 0.497. The largest absolute Gasteiger partial charge is 0.354 e. The monoisotopic (exact) mass is 459 g/mol. The van der Waals surface area contributed by atoms with Crippen LogP contribution in [0.3, 0.4) is 0 Å². The molecular formula is C24H22ClN7O. The highest BCUT2D eigenvalue weighted by Crippen LogP contribution is 2.25. The van der Waals surface area contributed by atoms with Crippen molar-refractivity contribution in [3.05, 3.63) is 71.9 Å². The second kappa shape index (κ2) is 9.09. The first-order valence-electron chi connectivity index (χ1n) is 10.6. The third-order valence-electron chi connectivity index (χ3n) is 5.68. The van der Waals surface area contributed by atoms with Gasteiger partial charge in [0.25, 0.3) is 5.91 Å². The topological polar surface area (TPSA) is 87.1 Å². The van der Waals surface area contributed by atoms with E-state index in [0.29, 0.717) is 16.4 Å². The summed E-state index contributed by atoms with van der Waals surface area (Å²) in [6.45, 7) is 3.72. The van der Waals surface area contributed by atoms with Crippen molar-refractivity contribution in [2.24, 2.45) is 0 Å². The Morgan fingerprint density at radius 3 is 2.58 bits per heavy atom. The summed E-state index contributed by atoms with van der Waals surface area (Å²) in [5.74, 6) is 1.03. The molecular weight excluding hydrogens is 438 g/mol. The van der Waals surface area contributed by atoms with Crippen LogP contribution in [0.4, 0.5) is 11.6 Å². The lowest BCUT2D eigenvalue weighted by atomic mass is 10.1. The molecule has 33 heavy (non-hydrogen) atoms. The van der Waals surface area contributed by atoms with Crippen molar-refractivity contribution in [1.29, 1.82) is 0 Å². The maximum Gasteiger partial charge on any atom is 0.257 e. The first-order chi connectivity index (χ1) is 16.0. The standard InChI is InChI=1S/C24H22ClN7O/c1-31-4-6-32(7-5-31)23-11-16(2-3-27-23)24(33)30-22-10-17-8-18(13-28-21(17)15-29-22)19-9-20(25)14-26-12-19/h2-3,8-15H,4-7H2,1H3,(H,29,30,33). The zero-order valence-corrected chi connectivity index (χ0v) is 18.8. The molecule has 0 aliphatic carbocycles. The lowest BCUT2D eigenvalue weighted by molar-refractivity contribution is 0.102. The van der Waals surface area contributed by atoms with Gasteiger partial charge in [-0.3, -0.25) is 14.8 Å². The van der Waals surface area contributed by atoms with Crippen molar-refractivity contribution in [2.45, 2.75) is 0 Å². The van der Waals surface area contributed by atoms with Gasteiger partial charge >= 0.3 is 0 Å². The molecule has 0 unspecified atom stereocenters. The maximum atomic E-state index is 12.9. The number of hydrogen-bond acceptors (Lipinski definition) is 7. The van der Waals surface area contributed by atoms with Crippen molar-refractivity contribution in [1.82, 2.24) is 24.8 Å². The van der Waals surface area contributed by atoms with Crippen LogP contribution in [0, 0.1) is 0 Å². The Kier molecular flexibility index (Phi) is 5.85. The minimum atomic E-state index is -0.234. The molecule has 0 spiro atoms. The van der Waals surface area contributed by atoms with Gasteiger partial charge in [-0.05, 0) is 37.4 Å². The SMILES string of the molecule is CN1CCN(c2cc(C(=O)Nc3cc4cc(-c5cncc(Cl)c5)cnc4cn3)ccn2)CC1. The zero-order valence-electron chi connectivity index (χ0n) is 18.1. The van der Waals surface area contributed by atoms with E-state index in [0.717, 1.165) is 54.0 Å². The van der Waals surface area contributed by atoms with Gasteiger partial charge in [0.1, 0.15) is 11.6 Å². The van der Waals surface area contributed by atoms with Gasteiger partial charge in [-0.2, -0.15) is 0 Å². The number of anilines is 2. The molecule has 1 saturated heterocycles. The highest BCUT2D eigenvalue weighted by atomic mass is 35.5. The summed E-state index contributed by atoms with van der Waals surface area (Å²) in [6.07, 6.45) is 8.40. The van der Waals surface area contributed by atoms with Crippen molar-refractivity contribution in [2.75, 3.05) is 43.4 Å². The lowest BCUT2D eigenvalue weighted by Gasteiger charge is -2.33. The van der Waals surface area contributed by atoms with Gasteiger partial charge in [0.15, 0.2) is 0 Å². The van der Waals surface area contributed by atoms with Crippen LogP contribution in [-0.2, 0) is 0 Å². The Labute approximate surface area is 196 Å². The van der Waals surface area contributed by atoms with E-state index < -0.39 is 0 Å². The average Bonchev–Trinajstić information content (AvgIpc) is 2.84. The number of fused-ring (bicyclic) bond motifs is 1. The molecule has 166 valence electrons. The van der Waals surface area contributed by atoms with Crippen molar-refractivity contribution in [3.8, 4) is 11.1 Å². The maximum absolute atomic E-state index is 12.9. The number of likely N-dealkylation sites (N-methyl/N-ethyl adjacent to an activating group) is 1. The Morgan fingerprint density at radius 1 is 0.939 bits per heavy atom. The van der Waals surface area contributed by atoms with Gasteiger partial charge in [-0.25, -0.2) is 9.97 Å². The minimum absolute atomic E-state index is 0.234. The summed E-state index contributed by atoms with van der Waals surface area (Å²) in [6, 6.07) is 9.16. The van der Waals surface area contributed by atoms with E-state index in [1.807, 2.05) is 24.3 Å². The first-order valence-corrected chi connectivity index (χ1v) is 11.0. The number of aromatic nitrogens is 4. The molecule has 0 aromatic carbocycles. The van der Waals surface area contributed by atoms with E-state index in [1.54, 1.807) is 37.1 Å². The number of rotatable bonds is 4. The molecule has 1 aliphatic rings. The van der Waals surface area contributed by atoms with Crippen LogP contribution in [0.25, 0.3) is 22.0 Å². The Bertz CT molecular complexity index is 1320. The van der Waals surface area contributed by atoms with Crippen molar-refractivity contribution < 1.29 is 4.79 Å². The minimum Gasteiger partial charge on any atom is -0.354 e. The fraction of sp³-hybridized carbons (Fsp3) is 0.208. The molecule has 0 atom stereocenters. The predicted molar refractivity (Wildman–Crippen MR) is 130 cm³/mol. The Hall–Kier alpha value is -3.62. The van der Waals surface area contributed by atoms with Crippen LogP contribution >= 0.6 is 11.6 Å². The van der Waals surface area contributed by atoms with E-state index >= 15 is 0 Å². The fourth-order valence-corrected chi connectivity index (χ4v) is 3.96. The number of carbonyl (C=O) groups is 1. The summed E-state index contributed by atoms with van der Waals surface area (Å²) in [7, 11) is 2.11. The van der Waals surface area contributed by atoms with Crippen LogP contribution in [-0.4, -0.2) is 64.0 Å². The average molecular weight is 460 g/mol. The fourth-order valence-electron chi connectivity index (χ4n) is 3.78. The van der Waals surface area contributed by atoms with E-state index in [-0.39, 0.29) is 5.91 Å². The van der Waals surface area contributed by atoms with E-state index in [4.69, 9.17) is 11.6 Å². The summed E-state index contributed by atoms with van der Waals surface area (Å²) in [5, 5.41) is 4.30. The van der Waals surface area contributed by atoms with Crippen LogP contribution in [0.1, 0.15) is 10.4 Å². The van der Waals surface area contributed by atoms with Gasteiger partial charge in [0.2, 0.25) is 0 Å². The molecule has 0 saturated carbocycles. The van der Waals surface area contributed by atoms with E-state index in [2.05, 4.69) is 42.1 Å². The summed E-state index contributed by atoms with van der Waals surface area (Å²) in [5.41, 5.74) is 3.02. The summed E-state index contributed by atoms with van der Waals surface area (Å²) < 4.78 is 0. The van der Waals surface area contributed by atoms with Crippen LogP contribution < -0.4 is 10.2 Å². The van der Waals surface area contributed by atoms with Gasteiger partial charge in [-0.15, -0.1) is 0 Å². The number of amides is 1. The smallest absolute Gasteiger partial charge is 0.257 e. The molecule has 0 bridgehead atoms. The van der Waals surface area contributed by atoms with Crippen LogP contribution in [0.2, 0.25) is 5.02 Å². The van der Waals surface area contributed by atoms with Crippen LogP contribution in [0.15, 0.2) is 61.3 Å². The molecule has 1 aliphatic heterocycles. The molecule has 4 aromatic rings. The normalized spacial score (nSPS) is 14.4. The Morgan fingerprint density at radius 2 is 1.76 bits per heavy atom. The lowest BCUT2D eigenvalue weighted by Crippen LogP contribution is -2.44. The second-order valence-corrected chi connectivity index (χ2v) is 8.46. The van der Waals surface area contributed by atoms with Gasteiger partial charge in [0, 0.05) is 73.0 Å². The third kappa shape index (κ3) is 4.76. The summed E-state index contributed by atoms with van der Waals surface area (Å²) >= 11 is 6.07. The zero-order chi connectivity index (χ0) is 22.8. The van der Waals surface area contributed by atoms with Gasteiger partial charge in [0.05, 0.1) is 16.7 Å². The van der Waals surface area contributed by atoms with Gasteiger partial charge < -0.3 is 15.1 Å².